The Kier molecular flexibility index (Phi) is 10.2. The zero-order chi connectivity index (χ0) is 21.1. The van der Waals surface area contributed by atoms with Crippen LogP contribution in [0, 0.1) is 5.82 Å². The van der Waals surface area contributed by atoms with Gasteiger partial charge < -0.3 is 9.64 Å². The van der Waals surface area contributed by atoms with Gasteiger partial charge in [-0.1, -0.05) is 48.3 Å². The first-order valence-corrected chi connectivity index (χ1v) is 11.3. The van der Waals surface area contributed by atoms with Crippen LogP contribution < -0.4 is 5.14 Å². The highest BCUT2D eigenvalue weighted by Crippen LogP contribution is 2.34. The van der Waals surface area contributed by atoms with Crippen LogP contribution in [-0.4, -0.2) is 36.8 Å². The van der Waals surface area contributed by atoms with Crippen molar-refractivity contribution in [2.75, 3.05) is 19.4 Å². The molecule has 2 aromatic rings. The Labute approximate surface area is 177 Å². The predicted octanol–water partition coefficient (Wildman–Crippen LogP) is 4.73. The molecule has 2 aliphatic heterocycles. The van der Waals surface area contributed by atoms with Gasteiger partial charge >= 0.3 is 0 Å². The van der Waals surface area contributed by atoms with Gasteiger partial charge in [0.2, 0.25) is 6.41 Å². The van der Waals surface area contributed by atoms with Gasteiger partial charge in [0, 0.05) is 13.2 Å². The van der Waals surface area contributed by atoms with Gasteiger partial charge in [-0.2, -0.15) is 0 Å². The summed E-state index contributed by atoms with van der Waals surface area (Å²) in [7, 11) is 0. The second kappa shape index (κ2) is 12.6. The summed E-state index contributed by atoms with van der Waals surface area (Å²) in [6.07, 6.45) is 8.00. The topological polar surface area (TPSA) is 55.6 Å². The number of benzene rings is 2. The van der Waals surface area contributed by atoms with E-state index in [9.17, 15) is 9.18 Å². The van der Waals surface area contributed by atoms with Crippen molar-refractivity contribution in [2.24, 2.45) is 5.14 Å². The van der Waals surface area contributed by atoms with Gasteiger partial charge in [0.05, 0.1) is 12.1 Å². The highest BCUT2D eigenvalue weighted by atomic mass is 32.2. The van der Waals surface area contributed by atoms with Gasteiger partial charge in [0.1, 0.15) is 5.82 Å². The third-order valence-corrected chi connectivity index (χ3v) is 5.05. The van der Waals surface area contributed by atoms with Gasteiger partial charge in [0.25, 0.3) is 0 Å². The third-order valence-electron chi connectivity index (χ3n) is 5.05. The van der Waals surface area contributed by atoms with Crippen molar-refractivity contribution in [3.63, 3.8) is 0 Å². The Morgan fingerprint density at radius 3 is 2.41 bits per heavy atom. The fraction of sp³-hybridized carbons (Fsp3) is 0.435. The largest absolute Gasteiger partial charge is 0.379 e. The van der Waals surface area contributed by atoms with Crippen LogP contribution >= 0.6 is 11.9 Å². The lowest BCUT2D eigenvalue weighted by atomic mass is 9.88. The molecule has 0 bridgehead atoms. The number of amides is 1. The molecule has 0 radical (unpaired) electrons. The smallest absolute Gasteiger partial charge is 0.210 e. The lowest BCUT2D eigenvalue weighted by molar-refractivity contribution is -0.119. The van der Waals surface area contributed by atoms with Gasteiger partial charge in [-0.05, 0) is 67.7 Å². The van der Waals surface area contributed by atoms with Gasteiger partial charge in [-0.15, -0.1) is 0 Å². The predicted molar refractivity (Wildman–Crippen MR) is 118 cm³/mol. The summed E-state index contributed by atoms with van der Waals surface area (Å²) in [5.41, 5.74) is 3.34. The van der Waals surface area contributed by atoms with Crippen molar-refractivity contribution in [3.8, 4) is 0 Å². The molecule has 1 amide bonds. The Morgan fingerprint density at radius 1 is 1.17 bits per heavy atom. The number of fused-ring (bicyclic) bond motifs is 1. The number of nitrogens with zero attached hydrogens (tertiary/aromatic N) is 1. The Morgan fingerprint density at radius 2 is 1.86 bits per heavy atom. The maximum Gasteiger partial charge on any atom is 0.210 e. The molecule has 2 aromatic carbocycles. The van der Waals surface area contributed by atoms with Gasteiger partial charge in [-0.3, -0.25) is 9.93 Å². The molecule has 29 heavy (non-hydrogen) atoms. The molecule has 2 N–H and O–H groups in total. The number of ether oxygens (including phenoxy) is 1. The molecule has 158 valence electrons. The molecule has 1 fully saturated rings. The van der Waals surface area contributed by atoms with E-state index >= 15 is 0 Å². The minimum atomic E-state index is -0.259. The lowest BCUT2D eigenvalue weighted by Crippen LogP contribution is -2.34. The van der Waals surface area contributed by atoms with Crippen LogP contribution in [0.1, 0.15) is 48.9 Å². The fourth-order valence-corrected chi connectivity index (χ4v) is 3.62. The molecular weight excluding hydrogens is 387 g/mol. The molecule has 6 heteroatoms. The maximum absolute atomic E-state index is 13.0. The van der Waals surface area contributed by atoms with E-state index in [2.05, 4.69) is 13.0 Å². The second-order valence-corrected chi connectivity index (χ2v) is 7.63. The number of carbonyl (C=O) groups excluding carboxylic acids is 1. The SMILES string of the molecule is CSN.C[C@H]1CCCCO1.O=CN1CCc2ccccc2[C@@H]1c1ccc(F)cc1. The van der Waals surface area contributed by atoms with Gasteiger partial charge in [0.15, 0.2) is 0 Å². The van der Waals surface area contributed by atoms with Crippen LogP contribution in [0.15, 0.2) is 48.5 Å². The Balaban J connectivity index is 0.000000250. The molecule has 0 spiro atoms. The molecule has 0 unspecified atom stereocenters. The quantitative estimate of drug-likeness (QED) is 0.566. The first-order valence-electron chi connectivity index (χ1n) is 9.99. The monoisotopic (exact) mass is 418 g/mol. The van der Waals surface area contributed by atoms with Crippen molar-refractivity contribution in [1.82, 2.24) is 4.90 Å². The van der Waals surface area contributed by atoms with E-state index < -0.39 is 0 Å². The number of halogens is 1. The lowest BCUT2D eigenvalue weighted by Gasteiger charge is -2.35. The van der Waals surface area contributed by atoms with E-state index in [0.29, 0.717) is 12.6 Å². The number of nitrogens with two attached hydrogens (primary N) is 1. The molecule has 0 aliphatic carbocycles. The molecule has 0 aromatic heterocycles. The number of carbonyl (C=O) groups is 1. The van der Waals surface area contributed by atoms with E-state index in [1.807, 2.05) is 24.5 Å². The normalized spacial score (nSPS) is 20.3. The van der Waals surface area contributed by atoms with E-state index in [-0.39, 0.29) is 11.9 Å². The molecule has 0 saturated carbocycles. The fourth-order valence-electron chi connectivity index (χ4n) is 3.62. The Hall–Kier alpha value is -1.89. The standard InChI is InChI=1S/C16H14FNO.C6H12O.CH5NS/c17-14-7-5-13(6-8-14)16-15-4-2-1-3-12(15)9-10-18(16)11-19;1-6-4-2-3-5-7-6;1-3-2/h1-8,11,16H,9-10H2;6H,2-5H2,1H3;2H2,1H3/t16-;6-;/m00./s1. The minimum absolute atomic E-state index is 0.108. The summed E-state index contributed by atoms with van der Waals surface area (Å²) in [6, 6.07) is 14.4. The zero-order valence-electron chi connectivity index (χ0n) is 17.2. The van der Waals surface area contributed by atoms with Crippen LogP contribution in [0.4, 0.5) is 4.39 Å². The van der Waals surface area contributed by atoms with Crippen LogP contribution in [-0.2, 0) is 16.0 Å². The van der Waals surface area contributed by atoms with E-state index in [1.165, 1.54) is 48.9 Å². The average molecular weight is 419 g/mol. The van der Waals surface area contributed by atoms with Crippen molar-refractivity contribution >= 4 is 18.4 Å². The molecule has 1 saturated heterocycles. The summed E-state index contributed by atoms with van der Waals surface area (Å²) in [4.78, 5) is 13.0. The summed E-state index contributed by atoms with van der Waals surface area (Å²) >= 11 is 1.25. The third kappa shape index (κ3) is 7.14. The molecule has 2 atom stereocenters. The van der Waals surface area contributed by atoms with Crippen LogP contribution in [0.3, 0.4) is 0 Å². The molecule has 4 rings (SSSR count). The molecular formula is C23H31FN2O2S. The summed E-state index contributed by atoms with van der Waals surface area (Å²) < 4.78 is 18.3. The Bertz CT molecular complexity index is 736. The van der Waals surface area contributed by atoms with Crippen LogP contribution in [0.2, 0.25) is 0 Å². The average Bonchev–Trinajstić information content (AvgIpc) is 2.75. The second-order valence-electron chi connectivity index (χ2n) is 7.16. The van der Waals surface area contributed by atoms with E-state index in [4.69, 9.17) is 9.88 Å². The molecule has 2 heterocycles. The van der Waals surface area contributed by atoms with Crippen molar-refractivity contribution in [3.05, 3.63) is 71.0 Å². The number of hydrogen-bond acceptors (Lipinski definition) is 4. The first kappa shape index (κ1) is 23.4. The molecule has 2 aliphatic rings. The minimum Gasteiger partial charge on any atom is -0.379 e. The van der Waals surface area contributed by atoms with Gasteiger partial charge in [-0.25, -0.2) is 4.39 Å². The zero-order valence-corrected chi connectivity index (χ0v) is 18.0. The van der Waals surface area contributed by atoms with Crippen molar-refractivity contribution in [2.45, 2.75) is 44.8 Å². The summed E-state index contributed by atoms with van der Waals surface area (Å²) in [5.74, 6) is -0.259. The molecule has 4 nitrogen and oxygen atoms in total. The highest BCUT2D eigenvalue weighted by Gasteiger charge is 2.27. The summed E-state index contributed by atoms with van der Waals surface area (Å²) in [6.45, 7) is 3.82. The number of hydrogen-bond donors (Lipinski definition) is 1. The maximum atomic E-state index is 13.0. The summed E-state index contributed by atoms with van der Waals surface area (Å²) in [5, 5.41) is 4.76. The number of rotatable bonds is 2. The van der Waals surface area contributed by atoms with Crippen LogP contribution in [0.5, 0.6) is 0 Å². The first-order chi connectivity index (χ1) is 14.1. The van der Waals surface area contributed by atoms with Crippen molar-refractivity contribution < 1.29 is 13.9 Å². The van der Waals surface area contributed by atoms with Crippen LogP contribution in [0.25, 0.3) is 0 Å². The van der Waals surface area contributed by atoms with E-state index in [0.717, 1.165) is 30.6 Å². The highest BCUT2D eigenvalue weighted by molar-refractivity contribution is 7.96. The van der Waals surface area contributed by atoms with E-state index in [1.54, 1.807) is 17.0 Å². The van der Waals surface area contributed by atoms with Crippen molar-refractivity contribution in [1.29, 1.82) is 0 Å².